The smallest absolute Gasteiger partial charge is 0.161 e. The van der Waals surface area contributed by atoms with Gasteiger partial charge in [0, 0.05) is 49.0 Å². The minimum atomic E-state index is -1.11. The summed E-state index contributed by atoms with van der Waals surface area (Å²) in [6, 6.07) is 18.8. The van der Waals surface area contributed by atoms with Crippen LogP contribution in [0.25, 0.3) is 17.5 Å². The number of hydrogen-bond donors (Lipinski definition) is 5. The molecule has 6 atom stereocenters. The van der Waals surface area contributed by atoms with Crippen LogP contribution in [0.5, 0.6) is 17.2 Å². The lowest BCUT2D eigenvalue weighted by atomic mass is 9.66. The highest BCUT2D eigenvalue weighted by Gasteiger charge is 2.43. The van der Waals surface area contributed by atoms with Crippen LogP contribution in [0, 0.1) is 29.6 Å². The van der Waals surface area contributed by atoms with Gasteiger partial charge in [-0.2, -0.15) is 6.20 Å². The molecule has 3 aliphatic carbocycles. The molecule has 5 N–H and O–H groups in total. The molecule has 4 heterocycles. The Labute approximate surface area is 386 Å². The molecule has 0 amide bonds. The summed E-state index contributed by atoms with van der Waals surface area (Å²) in [5.41, 5.74) is 9.60. The van der Waals surface area contributed by atoms with Gasteiger partial charge in [0.25, 0.3) is 0 Å². The molecule has 5 aromatic rings. The number of H-pyrrole nitrogens is 1. The van der Waals surface area contributed by atoms with Gasteiger partial charge in [-0.1, -0.05) is 90.3 Å². The van der Waals surface area contributed by atoms with Gasteiger partial charge in [-0.05, 0) is 134 Å². The number of aryl methyl sites for hydroxylation is 2. The average molecular weight is 884 g/mol. The van der Waals surface area contributed by atoms with Crippen molar-refractivity contribution in [3.8, 4) is 29.1 Å². The molecule has 10 rings (SSSR count). The van der Waals surface area contributed by atoms with Gasteiger partial charge in [0.1, 0.15) is 11.5 Å². The number of benzene rings is 3. The van der Waals surface area contributed by atoms with E-state index in [9.17, 15) is 25.2 Å². The predicted octanol–water partition coefficient (Wildman–Crippen LogP) is 9.12. The van der Waals surface area contributed by atoms with E-state index in [0.29, 0.717) is 54.8 Å². The Morgan fingerprint density at radius 3 is 2.59 bits per heavy atom. The van der Waals surface area contributed by atoms with E-state index in [-0.39, 0.29) is 61.0 Å². The maximum Gasteiger partial charge on any atom is 0.161 e. The SMILES string of the molecule is O=C1CCc2cc(c(O)c(OC3CCCC3)c2)Cc2ccc3c(c2)Cc2cc[nH]c2[N-][C@H](C#CC[C@@H](O)C3)C2=Cc3[n-]ccc3[C@@H](C[C@H]3C=Cc4c(O)cccc4CC3)[C@@H]2C(=O)[C@@H]1CCO. The number of aliphatic hydroxyl groups is 2. The maximum absolute atomic E-state index is 15.8. The second-order valence-corrected chi connectivity index (χ2v) is 19.0. The summed E-state index contributed by atoms with van der Waals surface area (Å²) in [5, 5.41) is 50.0. The Balaban J connectivity index is 1.11. The number of ketones is 2. The summed E-state index contributed by atoms with van der Waals surface area (Å²) < 4.78 is 6.48. The van der Waals surface area contributed by atoms with Crippen LogP contribution in [0.15, 0.2) is 84.7 Å². The van der Waals surface area contributed by atoms with Crippen molar-refractivity contribution in [2.75, 3.05) is 6.61 Å². The number of Topliss-reactive ketones (excluding diaryl/α,β-unsaturated/α-hetero) is 2. The molecule has 1 fully saturated rings. The first kappa shape index (κ1) is 43.6. The van der Waals surface area contributed by atoms with E-state index >= 15 is 4.79 Å². The highest BCUT2D eigenvalue weighted by Crippen LogP contribution is 2.48. The molecule has 0 radical (unpaired) electrons. The zero-order chi connectivity index (χ0) is 45.3. The van der Waals surface area contributed by atoms with Crippen LogP contribution in [0.2, 0.25) is 0 Å². The Morgan fingerprint density at radius 2 is 1.73 bits per heavy atom. The molecule has 1 saturated carbocycles. The quantitative estimate of drug-likeness (QED) is 0.0832. The van der Waals surface area contributed by atoms with Crippen molar-refractivity contribution in [2.24, 2.45) is 17.8 Å². The summed E-state index contributed by atoms with van der Waals surface area (Å²) in [6.07, 6.45) is 16.8. The molecule has 10 nitrogen and oxygen atoms in total. The molecule has 2 aliphatic heterocycles. The fourth-order valence-corrected chi connectivity index (χ4v) is 11.2. The maximum atomic E-state index is 15.8. The second-order valence-electron chi connectivity index (χ2n) is 19.0. The fraction of sp³-hybridized carbons (Fsp3) is 0.393. The summed E-state index contributed by atoms with van der Waals surface area (Å²) in [6.45, 7) is -0.352. The predicted molar refractivity (Wildman–Crippen MR) is 254 cm³/mol. The molecule has 10 heteroatoms. The third kappa shape index (κ3) is 8.99. The average Bonchev–Trinajstić information content (AvgIpc) is 4.08. The Hall–Kier alpha value is -6.28. The van der Waals surface area contributed by atoms with Crippen molar-refractivity contribution >= 4 is 29.5 Å². The van der Waals surface area contributed by atoms with Gasteiger partial charge in [-0.3, -0.25) is 9.59 Å². The number of ether oxygens (including phenoxy) is 1. The van der Waals surface area contributed by atoms with Gasteiger partial charge < -0.3 is 40.4 Å². The number of aromatic hydroxyl groups is 2. The summed E-state index contributed by atoms with van der Waals surface area (Å²) in [5.74, 6) is 5.13. The van der Waals surface area contributed by atoms with E-state index in [1.165, 1.54) is 0 Å². The van der Waals surface area contributed by atoms with Crippen molar-refractivity contribution in [1.29, 1.82) is 0 Å². The van der Waals surface area contributed by atoms with Crippen LogP contribution in [-0.4, -0.2) is 61.8 Å². The highest BCUT2D eigenvalue weighted by molar-refractivity contribution is 6.05. The first-order valence-corrected chi connectivity index (χ1v) is 23.8. The number of carbonyl (C=O) groups is 2. The number of phenolic OH excluding ortho intramolecular Hbond substituents is 2. The number of fused-ring (bicyclic) bond motifs is 8. The van der Waals surface area contributed by atoms with Crippen LogP contribution in [0.4, 0.5) is 5.82 Å². The number of aromatic amines is 1. The summed E-state index contributed by atoms with van der Waals surface area (Å²) in [7, 11) is 0. The number of phenols is 2. The van der Waals surface area contributed by atoms with Gasteiger partial charge in [0.15, 0.2) is 17.3 Å². The lowest BCUT2D eigenvalue weighted by Crippen LogP contribution is -2.39. The first-order valence-electron chi connectivity index (χ1n) is 23.8. The molecule has 2 aromatic heterocycles. The summed E-state index contributed by atoms with van der Waals surface area (Å²) >= 11 is 0. The van der Waals surface area contributed by atoms with E-state index in [1.54, 1.807) is 12.3 Å². The van der Waals surface area contributed by atoms with Gasteiger partial charge in [-0.25, -0.2) is 0 Å². The Kier molecular flexibility index (Phi) is 12.5. The van der Waals surface area contributed by atoms with Gasteiger partial charge >= 0.3 is 0 Å². The molecule has 5 aliphatic rings. The van der Waals surface area contributed by atoms with E-state index in [0.717, 1.165) is 88.7 Å². The van der Waals surface area contributed by atoms with Crippen LogP contribution in [-0.2, 0) is 41.7 Å². The van der Waals surface area contributed by atoms with Gasteiger partial charge in [0.2, 0.25) is 0 Å². The third-order valence-corrected chi connectivity index (χ3v) is 14.7. The van der Waals surface area contributed by atoms with E-state index in [4.69, 9.17) is 15.0 Å². The highest BCUT2D eigenvalue weighted by atomic mass is 16.5. The van der Waals surface area contributed by atoms with Crippen LogP contribution < -0.4 is 9.72 Å². The number of nitrogens with zero attached hydrogens (tertiary/aromatic N) is 2. The standard InChI is InChI=1S/C56H57N3O7/c60-24-21-45-51(63)18-14-35-27-40(54(64)52(29-35)66-42-7-1-2-8-42)26-34-12-16-37-31-41(61)6-4-9-48(59-56-38(19-22-58-56)30-39(37)25-34)47-32-49-44(20-23-57-49)46(53(47)55(45)65)28-33-11-15-36-5-3-10-50(62)43(36)17-13-33/h3,5,10,12-13,16-17,19-20,22-23,25,27,29,32-33,41-42,45-46,48,53,58,60-62,64H,1-2,6-8,11,14-15,18,21,24,26,28,30-31H2/q-2/t33-,41-,45-,46-,48-,53+/m1/s1. The van der Waals surface area contributed by atoms with Crippen molar-refractivity contribution in [1.82, 2.24) is 9.97 Å². The monoisotopic (exact) mass is 883 g/mol. The first-order chi connectivity index (χ1) is 32.2. The number of allylic oxidation sites excluding steroid dienone is 1. The third-order valence-electron chi connectivity index (χ3n) is 14.7. The van der Waals surface area contributed by atoms with Gasteiger partial charge in [0.05, 0.1) is 18.1 Å². The number of nitrogens with one attached hydrogen (secondary N) is 1. The normalized spacial score (nSPS) is 24.2. The second kappa shape index (κ2) is 18.9. The number of aliphatic hydroxyl groups excluding tert-OH is 2. The molecule has 0 spiro atoms. The minimum Gasteiger partial charge on any atom is -0.664 e. The number of aromatic nitrogens is 2. The van der Waals surface area contributed by atoms with Crippen molar-refractivity contribution in [2.45, 2.75) is 114 Å². The Morgan fingerprint density at radius 1 is 0.864 bits per heavy atom. The van der Waals surface area contributed by atoms with Crippen molar-refractivity contribution in [3.63, 3.8) is 0 Å². The van der Waals surface area contributed by atoms with Gasteiger partial charge in [-0.15, -0.1) is 11.6 Å². The number of hydrogen-bond acceptors (Lipinski definition) is 7. The molecular weight excluding hydrogens is 827 g/mol. The van der Waals surface area contributed by atoms with Crippen LogP contribution >= 0.6 is 0 Å². The largest absolute Gasteiger partial charge is 0.664 e. The van der Waals surface area contributed by atoms with E-state index in [1.807, 2.05) is 60.8 Å². The Bertz CT molecular complexity index is 2760. The lowest BCUT2D eigenvalue weighted by Gasteiger charge is -2.40. The fourth-order valence-electron chi connectivity index (χ4n) is 11.2. The van der Waals surface area contributed by atoms with E-state index < -0.39 is 29.9 Å². The lowest BCUT2D eigenvalue weighted by molar-refractivity contribution is -0.135. The molecule has 0 saturated heterocycles. The zero-order valence-corrected chi connectivity index (χ0v) is 37.2. The van der Waals surface area contributed by atoms with Crippen LogP contribution in [0.3, 0.4) is 0 Å². The van der Waals surface area contributed by atoms with Crippen molar-refractivity contribution in [3.05, 3.63) is 146 Å². The molecule has 0 unspecified atom stereocenters. The number of rotatable bonds is 6. The minimum absolute atomic E-state index is 0.00447. The van der Waals surface area contributed by atoms with Crippen LogP contribution in [0.1, 0.15) is 119 Å². The molecule has 340 valence electrons. The molecule has 5 bridgehead atoms. The molecule has 3 aromatic carbocycles. The summed E-state index contributed by atoms with van der Waals surface area (Å²) in [4.78, 5) is 38.7. The topological polar surface area (TPSA) is 168 Å². The van der Waals surface area contributed by atoms with E-state index in [2.05, 4.69) is 35.0 Å². The number of carbonyl (C=O) groups excluding carboxylic acids is 2. The zero-order valence-electron chi connectivity index (χ0n) is 37.2. The van der Waals surface area contributed by atoms with Crippen molar-refractivity contribution < 1.29 is 34.8 Å². The molecular formula is C56H57N3O7-2. The molecule has 66 heavy (non-hydrogen) atoms.